The number of esters is 1. The van der Waals surface area contributed by atoms with E-state index in [0.717, 1.165) is 57.8 Å². The van der Waals surface area contributed by atoms with Crippen LogP contribution < -0.4 is 5.32 Å². The Kier molecular flexibility index (Phi) is 50.1. The van der Waals surface area contributed by atoms with E-state index in [1.807, 2.05) is 0 Å². The largest absolute Gasteiger partial charge is 0.466 e. The average molecular weight is 862 g/mol. The lowest BCUT2D eigenvalue weighted by Crippen LogP contribution is -2.45. The fraction of sp³-hybridized carbons (Fsp3) is 0.927. The first-order chi connectivity index (χ1) is 30.0. The Morgan fingerprint density at radius 3 is 1.18 bits per heavy atom. The minimum Gasteiger partial charge on any atom is -0.466 e. The first-order valence-corrected chi connectivity index (χ1v) is 27.4. The van der Waals surface area contributed by atoms with Crippen LogP contribution in [0.2, 0.25) is 0 Å². The van der Waals surface area contributed by atoms with Gasteiger partial charge in [0.05, 0.1) is 25.4 Å². The first-order valence-electron chi connectivity index (χ1n) is 27.4. The highest BCUT2D eigenvalue weighted by molar-refractivity contribution is 5.76. The Morgan fingerprint density at radius 2 is 0.770 bits per heavy atom. The maximum atomic E-state index is 12.5. The molecule has 0 radical (unpaired) electrons. The van der Waals surface area contributed by atoms with E-state index in [0.29, 0.717) is 25.9 Å². The second kappa shape index (κ2) is 51.2. The second-order valence-corrected chi connectivity index (χ2v) is 18.9. The van der Waals surface area contributed by atoms with Crippen molar-refractivity contribution in [3.8, 4) is 0 Å². The number of unbranched alkanes of at least 4 members (excludes halogenated alkanes) is 38. The van der Waals surface area contributed by atoms with Crippen LogP contribution in [0, 0.1) is 0 Å². The van der Waals surface area contributed by atoms with Crippen molar-refractivity contribution in [1.82, 2.24) is 5.32 Å². The van der Waals surface area contributed by atoms with E-state index >= 15 is 0 Å². The number of amides is 1. The summed E-state index contributed by atoms with van der Waals surface area (Å²) in [6.07, 6.45) is 59.0. The number of allylic oxidation sites excluding steroid dienone is 2. The van der Waals surface area contributed by atoms with E-state index < -0.39 is 12.1 Å². The molecule has 362 valence electrons. The lowest BCUT2D eigenvalue weighted by molar-refractivity contribution is -0.143. The summed E-state index contributed by atoms with van der Waals surface area (Å²) >= 11 is 0. The SMILES string of the molecule is CCCCCC/C=C\CCCCCCCC(=O)OCCCCCCCCCCCCC(=O)NC(CO)C(O)CCCCCCCCCCCCCCCCCCCCCCC. The van der Waals surface area contributed by atoms with Crippen LogP contribution >= 0.6 is 0 Å². The van der Waals surface area contributed by atoms with Crippen LogP contribution in [0.5, 0.6) is 0 Å². The Morgan fingerprint density at radius 1 is 0.443 bits per heavy atom. The van der Waals surface area contributed by atoms with E-state index in [9.17, 15) is 19.8 Å². The molecule has 0 aliphatic carbocycles. The van der Waals surface area contributed by atoms with Gasteiger partial charge in [-0.15, -0.1) is 0 Å². The Bertz CT molecular complexity index is 909. The number of carbonyl (C=O) groups excluding carboxylic acids is 2. The fourth-order valence-electron chi connectivity index (χ4n) is 8.58. The molecule has 0 saturated carbocycles. The molecule has 3 N–H and O–H groups in total. The van der Waals surface area contributed by atoms with Gasteiger partial charge in [0.1, 0.15) is 0 Å². The van der Waals surface area contributed by atoms with Crippen LogP contribution in [0.3, 0.4) is 0 Å². The Labute approximate surface area is 380 Å². The van der Waals surface area contributed by atoms with Gasteiger partial charge in [0.25, 0.3) is 0 Å². The van der Waals surface area contributed by atoms with Crippen LogP contribution in [-0.2, 0) is 14.3 Å². The number of hydrogen-bond donors (Lipinski definition) is 3. The summed E-state index contributed by atoms with van der Waals surface area (Å²) in [5.74, 6) is -0.0825. The zero-order chi connectivity index (χ0) is 44.4. The highest BCUT2D eigenvalue weighted by Crippen LogP contribution is 2.17. The molecule has 2 unspecified atom stereocenters. The normalized spacial score (nSPS) is 12.7. The van der Waals surface area contributed by atoms with E-state index in [2.05, 4.69) is 31.3 Å². The highest BCUT2D eigenvalue weighted by Gasteiger charge is 2.20. The summed E-state index contributed by atoms with van der Waals surface area (Å²) in [6.45, 7) is 4.90. The van der Waals surface area contributed by atoms with Crippen molar-refractivity contribution in [3.63, 3.8) is 0 Å². The molecule has 0 aliphatic heterocycles. The summed E-state index contributed by atoms with van der Waals surface area (Å²) in [7, 11) is 0. The van der Waals surface area contributed by atoms with Crippen molar-refractivity contribution < 1.29 is 24.5 Å². The van der Waals surface area contributed by atoms with Crippen molar-refractivity contribution in [2.75, 3.05) is 13.2 Å². The van der Waals surface area contributed by atoms with Crippen molar-refractivity contribution in [1.29, 1.82) is 0 Å². The number of ether oxygens (including phenoxy) is 1. The van der Waals surface area contributed by atoms with Gasteiger partial charge in [-0.05, 0) is 51.4 Å². The maximum absolute atomic E-state index is 12.5. The molecule has 2 atom stereocenters. The molecule has 6 nitrogen and oxygen atoms in total. The lowest BCUT2D eigenvalue weighted by Gasteiger charge is -2.22. The third-order valence-electron chi connectivity index (χ3n) is 12.8. The first kappa shape index (κ1) is 59.6. The average Bonchev–Trinajstić information content (AvgIpc) is 3.26. The van der Waals surface area contributed by atoms with Crippen molar-refractivity contribution in [2.24, 2.45) is 0 Å². The maximum Gasteiger partial charge on any atom is 0.305 e. The Hall–Kier alpha value is -1.40. The molecule has 0 fully saturated rings. The van der Waals surface area contributed by atoms with Crippen LogP contribution in [0.4, 0.5) is 0 Å². The second-order valence-electron chi connectivity index (χ2n) is 18.9. The smallest absolute Gasteiger partial charge is 0.305 e. The van der Waals surface area contributed by atoms with Crippen molar-refractivity contribution in [3.05, 3.63) is 12.2 Å². The van der Waals surface area contributed by atoms with Gasteiger partial charge in [-0.25, -0.2) is 0 Å². The minimum absolute atomic E-state index is 0.0271. The standard InChI is InChI=1S/C55H107NO5/c1-3-5-7-9-11-13-15-17-18-19-20-21-22-23-24-26-27-31-35-39-43-47-53(58)52(51-57)56-54(59)48-44-40-36-32-29-30-34-38-42-46-50-61-55(60)49-45-41-37-33-28-25-16-14-12-10-8-6-4-2/h14,16,52-53,57-58H,3-13,15,17-51H2,1-2H3,(H,56,59)/b16-14-. The molecule has 0 heterocycles. The number of aliphatic hydroxyl groups is 2. The topological polar surface area (TPSA) is 95.9 Å². The van der Waals surface area contributed by atoms with Crippen LogP contribution in [0.15, 0.2) is 12.2 Å². The van der Waals surface area contributed by atoms with E-state index in [1.165, 1.54) is 212 Å². The van der Waals surface area contributed by atoms with Gasteiger partial charge in [-0.2, -0.15) is 0 Å². The molecule has 0 rings (SSSR count). The monoisotopic (exact) mass is 862 g/mol. The number of rotatable bonds is 51. The van der Waals surface area contributed by atoms with Gasteiger partial charge in [0.15, 0.2) is 0 Å². The third-order valence-corrected chi connectivity index (χ3v) is 12.8. The molecule has 0 bridgehead atoms. The lowest BCUT2D eigenvalue weighted by atomic mass is 10.0. The molecular formula is C55H107NO5. The summed E-state index contributed by atoms with van der Waals surface area (Å²) < 4.78 is 5.45. The van der Waals surface area contributed by atoms with E-state index in [-0.39, 0.29) is 18.5 Å². The highest BCUT2D eigenvalue weighted by atomic mass is 16.5. The zero-order valence-corrected chi connectivity index (χ0v) is 41.2. The number of hydrogen-bond acceptors (Lipinski definition) is 5. The fourth-order valence-corrected chi connectivity index (χ4v) is 8.58. The summed E-state index contributed by atoms with van der Waals surface area (Å²) in [5.41, 5.74) is 0. The molecule has 0 aromatic heterocycles. The number of carbonyl (C=O) groups is 2. The Balaban J connectivity index is 3.47. The molecular weight excluding hydrogens is 755 g/mol. The van der Waals surface area contributed by atoms with Gasteiger partial charge < -0.3 is 20.3 Å². The molecule has 1 amide bonds. The van der Waals surface area contributed by atoms with E-state index in [1.54, 1.807) is 0 Å². The molecule has 0 aliphatic rings. The molecule has 0 spiro atoms. The quantitative estimate of drug-likeness (QED) is 0.0322. The van der Waals surface area contributed by atoms with E-state index in [4.69, 9.17) is 4.74 Å². The van der Waals surface area contributed by atoms with Crippen molar-refractivity contribution >= 4 is 11.9 Å². The van der Waals surface area contributed by atoms with Gasteiger partial charge >= 0.3 is 5.97 Å². The van der Waals surface area contributed by atoms with Crippen LogP contribution in [0.1, 0.15) is 303 Å². The zero-order valence-electron chi connectivity index (χ0n) is 41.2. The van der Waals surface area contributed by atoms with Gasteiger partial charge in [-0.3, -0.25) is 9.59 Å². The molecule has 0 aromatic carbocycles. The molecule has 0 aromatic rings. The van der Waals surface area contributed by atoms with Crippen LogP contribution in [0.25, 0.3) is 0 Å². The third kappa shape index (κ3) is 47.9. The molecule has 61 heavy (non-hydrogen) atoms. The van der Waals surface area contributed by atoms with Gasteiger partial charge in [0.2, 0.25) is 5.91 Å². The number of aliphatic hydroxyl groups excluding tert-OH is 2. The number of nitrogens with one attached hydrogen (secondary N) is 1. The molecule has 0 saturated heterocycles. The minimum atomic E-state index is -0.679. The molecule has 6 heteroatoms. The van der Waals surface area contributed by atoms with Crippen molar-refractivity contribution in [2.45, 2.75) is 315 Å². The summed E-state index contributed by atoms with van der Waals surface area (Å²) in [6, 6.07) is -0.558. The van der Waals surface area contributed by atoms with Gasteiger partial charge in [-0.1, -0.05) is 251 Å². The summed E-state index contributed by atoms with van der Waals surface area (Å²) in [4.78, 5) is 24.5. The predicted octanol–water partition coefficient (Wildman–Crippen LogP) is 16.5. The van der Waals surface area contributed by atoms with Gasteiger partial charge in [0, 0.05) is 12.8 Å². The predicted molar refractivity (Wildman–Crippen MR) is 264 cm³/mol. The van der Waals surface area contributed by atoms with Crippen LogP contribution in [-0.4, -0.2) is 47.4 Å². The summed E-state index contributed by atoms with van der Waals surface area (Å²) in [5, 5.41) is 23.3.